The summed E-state index contributed by atoms with van der Waals surface area (Å²) in [7, 11) is 1.60. The van der Waals surface area contributed by atoms with Gasteiger partial charge in [0.15, 0.2) is 0 Å². The van der Waals surface area contributed by atoms with E-state index >= 15 is 0 Å². The molecule has 2 heterocycles. The number of aromatic nitrogens is 2. The molecule has 0 spiro atoms. The maximum absolute atomic E-state index is 12.5. The second kappa shape index (κ2) is 8.20. The van der Waals surface area contributed by atoms with Gasteiger partial charge >= 0.3 is 5.97 Å². The first-order valence-electron chi connectivity index (χ1n) is 8.97. The zero-order chi connectivity index (χ0) is 19.4. The minimum absolute atomic E-state index is 0.0469. The molecular weight excluding hydrogens is 350 g/mol. The molecule has 0 saturated carbocycles. The van der Waals surface area contributed by atoms with Gasteiger partial charge in [-0.3, -0.25) is 9.59 Å². The second-order valence-corrected chi connectivity index (χ2v) is 6.75. The number of likely N-dealkylation sites (tertiary alicyclic amines) is 1. The Balaban J connectivity index is 1.59. The van der Waals surface area contributed by atoms with Crippen LogP contribution in [-0.2, 0) is 16.0 Å². The van der Waals surface area contributed by atoms with E-state index in [0.717, 1.165) is 11.3 Å². The van der Waals surface area contributed by atoms with Crippen molar-refractivity contribution in [3.63, 3.8) is 0 Å². The van der Waals surface area contributed by atoms with Crippen molar-refractivity contribution in [1.29, 1.82) is 0 Å². The summed E-state index contributed by atoms with van der Waals surface area (Å²) in [6, 6.07) is 7.34. The van der Waals surface area contributed by atoms with Gasteiger partial charge in [0.25, 0.3) is 0 Å². The van der Waals surface area contributed by atoms with Crippen molar-refractivity contribution in [1.82, 2.24) is 15.0 Å². The first-order valence-corrected chi connectivity index (χ1v) is 8.97. The van der Waals surface area contributed by atoms with Crippen molar-refractivity contribution < 1.29 is 24.0 Å². The summed E-state index contributed by atoms with van der Waals surface area (Å²) in [5, 5.41) is 13.1. The number of hydrogen-bond donors (Lipinski definition) is 1. The summed E-state index contributed by atoms with van der Waals surface area (Å²) in [5.74, 6) is 0.156. The lowest BCUT2D eigenvalue weighted by atomic mass is 9.93. The van der Waals surface area contributed by atoms with Gasteiger partial charge in [-0.2, -0.15) is 4.98 Å². The van der Waals surface area contributed by atoms with E-state index in [1.807, 2.05) is 31.2 Å². The van der Waals surface area contributed by atoms with E-state index < -0.39 is 11.9 Å². The molecule has 8 heteroatoms. The quantitative estimate of drug-likeness (QED) is 0.828. The Bertz CT molecular complexity index is 802. The summed E-state index contributed by atoms with van der Waals surface area (Å²) >= 11 is 0. The van der Waals surface area contributed by atoms with Crippen molar-refractivity contribution in [3.05, 3.63) is 30.2 Å². The molecule has 1 aliphatic rings. The molecule has 1 saturated heterocycles. The third-order valence-corrected chi connectivity index (χ3v) is 4.92. The van der Waals surface area contributed by atoms with Crippen LogP contribution in [0, 0.1) is 5.92 Å². The second-order valence-electron chi connectivity index (χ2n) is 6.75. The van der Waals surface area contributed by atoms with Crippen molar-refractivity contribution in [2.75, 3.05) is 13.7 Å². The SMILES string of the molecule is COc1ccc(-c2noc(CCC(=O)N3CC(C(=O)O)CCC3C)n2)cc1. The Kier molecular flexibility index (Phi) is 5.73. The average molecular weight is 373 g/mol. The summed E-state index contributed by atoms with van der Waals surface area (Å²) in [4.78, 5) is 29.7. The number of benzene rings is 1. The molecule has 8 nitrogen and oxygen atoms in total. The van der Waals surface area contributed by atoms with Crippen molar-refractivity contribution >= 4 is 11.9 Å². The number of carbonyl (C=O) groups is 2. The van der Waals surface area contributed by atoms with Gasteiger partial charge in [-0.25, -0.2) is 0 Å². The largest absolute Gasteiger partial charge is 0.497 e. The van der Waals surface area contributed by atoms with Gasteiger partial charge in [0.1, 0.15) is 5.75 Å². The van der Waals surface area contributed by atoms with Crippen LogP contribution in [0.25, 0.3) is 11.4 Å². The van der Waals surface area contributed by atoms with E-state index in [-0.39, 0.29) is 24.9 Å². The molecule has 27 heavy (non-hydrogen) atoms. The summed E-state index contributed by atoms with van der Waals surface area (Å²) in [6.07, 6.45) is 1.84. The minimum Gasteiger partial charge on any atom is -0.497 e. The number of ether oxygens (including phenoxy) is 1. The Morgan fingerprint density at radius 2 is 2.04 bits per heavy atom. The molecule has 2 aromatic rings. The number of aryl methyl sites for hydroxylation is 1. The third-order valence-electron chi connectivity index (χ3n) is 4.92. The molecule has 2 atom stereocenters. The van der Waals surface area contributed by atoms with E-state index in [1.54, 1.807) is 12.0 Å². The lowest BCUT2D eigenvalue weighted by Crippen LogP contribution is -2.47. The molecule has 3 rings (SSSR count). The monoisotopic (exact) mass is 373 g/mol. The van der Waals surface area contributed by atoms with Gasteiger partial charge < -0.3 is 19.3 Å². The maximum atomic E-state index is 12.5. The van der Waals surface area contributed by atoms with E-state index in [0.29, 0.717) is 31.0 Å². The summed E-state index contributed by atoms with van der Waals surface area (Å²) < 4.78 is 10.4. The Morgan fingerprint density at radius 3 is 2.70 bits per heavy atom. The fraction of sp³-hybridized carbons (Fsp3) is 0.474. The molecule has 1 aromatic carbocycles. The highest BCUT2D eigenvalue weighted by Crippen LogP contribution is 2.24. The number of amides is 1. The molecule has 0 radical (unpaired) electrons. The van der Waals surface area contributed by atoms with Crippen LogP contribution < -0.4 is 4.74 Å². The highest BCUT2D eigenvalue weighted by atomic mass is 16.5. The highest BCUT2D eigenvalue weighted by Gasteiger charge is 2.32. The minimum atomic E-state index is -0.847. The highest BCUT2D eigenvalue weighted by molar-refractivity contribution is 5.78. The maximum Gasteiger partial charge on any atom is 0.308 e. The average Bonchev–Trinajstić information content (AvgIpc) is 3.15. The Morgan fingerprint density at radius 1 is 1.30 bits per heavy atom. The Labute approximate surface area is 157 Å². The number of rotatable bonds is 6. The lowest BCUT2D eigenvalue weighted by Gasteiger charge is -2.36. The number of nitrogens with zero attached hydrogens (tertiary/aromatic N) is 3. The molecule has 1 aromatic heterocycles. The van der Waals surface area contributed by atoms with Crippen LogP contribution in [0.1, 0.15) is 32.1 Å². The van der Waals surface area contributed by atoms with Crippen molar-refractivity contribution in [2.45, 2.75) is 38.6 Å². The van der Waals surface area contributed by atoms with Gasteiger partial charge in [-0.15, -0.1) is 0 Å². The molecule has 144 valence electrons. The predicted molar refractivity (Wildman–Crippen MR) is 96.1 cm³/mol. The van der Waals surface area contributed by atoms with Crippen LogP contribution >= 0.6 is 0 Å². The number of carbonyl (C=O) groups excluding carboxylic acids is 1. The van der Waals surface area contributed by atoms with Gasteiger partial charge in [-0.1, -0.05) is 5.16 Å². The number of carboxylic acid groups (broad SMARTS) is 1. The zero-order valence-corrected chi connectivity index (χ0v) is 15.4. The van der Waals surface area contributed by atoms with E-state index in [9.17, 15) is 14.7 Å². The van der Waals surface area contributed by atoms with E-state index in [1.165, 1.54) is 0 Å². The van der Waals surface area contributed by atoms with Gasteiger partial charge in [-0.05, 0) is 44.0 Å². The van der Waals surface area contributed by atoms with E-state index in [2.05, 4.69) is 10.1 Å². The third kappa shape index (κ3) is 4.45. The number of piperidine rings is 1. The fourth-order valence-electron chi connectivity index (χ4n) is 3.23. The van der Waals surface area contributed by atoms with Crippen molar-refractivity contribution in [3.8, 4) is 17.1 Å². The first kappa shape index (κ1) is 18.9. The van der Waals surface area contributed by atoms with Crippen LogP contribution in [-0.4, -0.2) is 51.7 Å². The molecule has 1 amide bonds. The van der Waals surface area contributed by atoms with Gasteiger partial charge in [0.05, 0.1) is 13.0 Å². The standard InChI is InChI=1S/C19H23N3O5/c1-12-3-4-14(19(24)25)11-22(12)17(23)10-9-16-20-18(21-27-16)13-5-7-15(26-2)8-6-13/h5-8,12,14H,3-4,9-11H2,1-2H3,(H,24,25). The van der Waals surface area contributed by atoms with E-state index in [4.69, 9.17) is 9.26 Å². The van der Waals surface area contributed by atoms with Crippen LogP contribution in [0.5, 0.6) is 5.75 Å². The summed E-state index contributed by atoms with van der Waals surface area (Å²) in [5.41, 5.74) is 0.797. The molecule has 1 fully saturated rings. The molecular formula is C19H23N3O5. The molecule has 0 bridgehead atoms. The van der Waals surface area contributed by atoms with Crippen LogP contribution in [0.15, 0.2) is 28.8 Å². The molecule has 1 N–H and O–H groups in total. The molecule has 2 unspecified atom stereocenters. The smallest absolute Gasteiger partial charge is 0.308 e. The first-order chi connectivity index (χ1) is 13.0. The molecule has 1 aliphatic heterocycles. The van der Waals surface area contributed by atoms with Gasteiger partial charge in [0.2, 0.25) is 17.6 Å². The topological polar surface area (TPSA) is 106 Å². The fourth-order valence-corrected chi connectivity index (χ4v) is 3.23. The van der Waals surface area contributed by atoms with Crippen molar-refractivity contribution in [2.24, 2.45) is 5.92 Å². The van der Waals surface area contributed by atoms with Crippen LogP contribution in [0.2, 0.25) is 0 Å². The number of aliphatic carboxylic acids is 1. The lowest BCUT2D eigenvalue weighted by molar-refractivity contribution is -0.147. The van der Waals surface area contributed by atoms with Gasteiger partial charge in [0, 0.05) is 31.0 Å². The number of hydrogen-bond acceptors (Lipinski definition) is 6. The van der Waals surface area contributed by atoms with Crippen LogP contribution in [0.3, 0.4) is 0 Å². The Hall–Kier alpha value is -2.90. The normalized spacial score (nSPS) is 19.7. The predicted octanol–water partition coefficient (Wildman–Crippen LogP) is 2.39. The molecule has 0 aliphatic carbocycles. The number of carboxylic acids is 1. The summed E-state index contributed by atoms with van der Waals surface area (Å²) in [6.45, 7) is 2.21. The zero-order valence-electron chi connectivity index (χ0n) is 15.4. The number of methoxy groups -OCH3 is 1. The van der Waals surface area contributed by atoms with Crippen LogP contribution in [0.4, 0.5) is 0 Å².